The topological polar surface area (TPSA) is 88.3 Å². The van der Waals surface area contributed by atoms with Gasteiger partial charge in [0, 0.05) is 19.0 Å². The molecule has 22 heavy (non-hydrogen) atoms. The maximum atomic E-state index is 12.6. The molecule has 7 nitrogen and oxygen atoms in total. The molecule has 7 heteroatoms. The molecule has 0 unspecified atom stereocenters. The first-order valence-corrected chi connectivity index (χ1v) is 8.03. The first-order chi connectivity index (χ1) is 10.7. The van der Waals surface area contributed by atoms with Gasteiger partial charge in [-0.25, -0.2) is 9.78 Å². The highest BCUT2D eigenvalue weighted by atomic mass is 16.4. The number of fused-ring (bicyclic) bond motifs is 1. The molecule has 1 aliphatic heterocycles. The summed E-state index contributed by atoms with van der Waals surface area (Å²) in [6.07, 6.45) is 8.98. The standard InChI is InChI=1S/C15H22N4O3/c20-14(6-3-7-18-10-16-9-17-18)19-12-5-2-1-4-11(12)8-13(19)15(21)22/h9-13H,1-8H2,(H,21,22)/t11-,12-,13+/m1/s1. The zero-order valence-corrected chi connectivity index (χ0v) is 12.6. The molecule has 0 bridgehead atoms. The van der Waals surface area contributed by atoms with Crippen LogP contribution in [0.15, 0.2) is 12.7 Å². The fourth-order valence-electron chi connectivity index (χ4n) is 3.91. The summed E-state index contributed by atoms with van der Waals surface area (Å²) in [6, 6.07) is -0.499. The van der Waals surface area contributed by atoms with E-state index in [0.717, 1.165) is 25.7 Å². The Labute approximate surface area is 129 Å². The second-order valence-electron chi connectivity index (χ2n) is 6.26. The van der Waals surface area contributed by atoms with Gasteiger partial charge < -0.3 is 10.0 Å². The third kappa shape index (κ3) is 2.98. The smallest absolute Gasteiger partial charge is 0.326 e. The van der Waals surface area contributed by atoms with E-state index in [0.29, 0.717) is 31.7 Å². The van der Waals surface area contributed by atoms with Crippen LogP contribution in [0.1, 0.15) is 44.9 Å². The van der Waals surface area contributed by atoms with Crippen LogP contribution in [0.5, 0.6) is 0 Å². The molecule has 3 atom stereocenters. The highest BCUT2D eigenvalue weighted by Crippen LogP contribution is 2.40. The number of aromatic nitrogens is 3. The van der Waals surface area contributed by atoms with E-state index in [1.807, 2.05) is 0 Å². The molecule has 2 aliphatic rings. The van der Waals surface area contributed by atoms with Crippen LogP contribution in [0.2, 0.25) is 0 Å². The van der Waals surface area contributed by atoms with Crippen LogP contribution < -0.4 is 0 Å². The van der Waals surface area contributed by atoms with Crippen LogP contribution in [0.3, 0.4) is 0 Å². The van der Waals surface area contributed by atoms with E-state index in [4.69, 9.17) is 0 Å². The number of carboxylic acids is 1. The van der Waals surface area contributed by atoms with Crippen LogP contribution >= 0.6 is 0 Å². The number of amides is 1. The Kier molecular flexibility index (Phi) is 4.40. The summed E-state index contributed by atoms with van der Waals surface area (Å²) in [5.41, 5.74) is 0. The number of carbonyl (C=O) groups is 2. The molecule has 0 spiro atoms. The van der Waals surface area contributed by atoms with Gasteiger partial charge in [-0.1, -0.05) is 12.8 Å². The van der Waals surface area contributed by atoms with E-state index < -0.39 is 12.0 Å². The van der Waals surface area contributed by atoms with Crippen molar-refractivity contribution in [3.05, 3.63) is 12.7 Å². The van der Waals surface area contributed by atoms with E-state index in [1.54, 1.807) is 15.9 Å². The first-order valence-electron chi connectivity index (χ1n) is 8.03. The van der Waals surface area contributed by atoms with E-state index in [1.165, 1.54) is 6.33 Å². The summed E-state index contributed by atoms with van der Waals surface area (Å²) in [5, 5.41) is 13.4. The summed E-state index contributed by atoms with van der Waals surface area (Å²) in [7, 11) is 0. The van der Waals surface area contributed by atoms with Crippen molar-refractivity contribution in [3.8, 4) is 0 Å². The minimum atomic E-state index is -0.862. The fraction of sp³-hybridized carbons (Fsp3) is 0.733. The number of hydrogen-bond donors (Lipinski definition) is 1. The molecule has 1 aliphatic carbocycles. The zero-order chi connectivity index (χ0) is 15.5. The summed E-state index contributed by atoms with van der Waals surface area (Å²) < 4.78 is 1.69. The Hall–Kier alpha value is -1.92. The van der Waals surface area contributed by atoms with Crippen molar-refractivity contribution in [1.82, 2.24) is 19.7 Å². The first kappa shape index (κ1) is 15.0. The molecular formula is C15H22N4O3. The molecule has 1 aromatic heterocycles. The highest BCUT2D eigenvalue weighted by Gasteiger charge is 2.47. The fourth-order valence-corrected chi connectivity index (χ4v) is 3.91. The largest absolute Gasteiger partial charge is 0.480 e. The van der Waals surface area contributed by atoms with Crippen LogP contribution in [0.4, 0.5) is 0 Å². The average Bonchev–Trinajstić information content (AvgIpc) is 3.13. The Balaban J connectivity index is 1.61. The summed E-state index contributed by atoms with van der Waals surface area (Å²) >= 11 is 0. The maximum Gasteiger partial charge on any atom is 0.326 e. The third-order valence-electron chi connectivity index (χ3n) is 4.91. The molecule has 2 heterocycles. The van der Waals surface area contributed by atoms with E-state index in [-0.39, 0.29) is 11.9 Å². The van der Waals surface area contributed by atoms with E-state index >= 15 is 0 Å². The van der Waals surface area contributed by atoms with Crippen molar-refractivity contribution < 1.29 is 14.7 Å². The van der Waals surface area contributed by atoms with Gasteiger partial charge in [-0.3, -0.25) is 9.48 Å². The van der Waals surface area contributed by atoms with Crippen molar-refractivity contribution >= 4 is 11.9 Å². The maximum absolute atomic E-state index is 12.6. The average molecular weight is 306 g/mol. The molecule has 1 amide bonds. The van der Waals surface area contributed by atoms with Gasteiger partial charge in [0.1, 0.15) is 18.7 Å². The van der Waals surface area contributed by atoms with E-state index in [2.05, 4.69) is 10.1 Å². The number of aliphatic carboxylic acids is 1. The van der Waals surface area contributed by atoms with Gasteiger partial charge in [-0.05, 0) is 31.6 Å². The van der Waals surface area contributed by atoms with Gasteiger partial charge in [0.25, 0.3) is 0 Å². The minimum Gasteiger partial charge on any atom is -0.480 e. The van der Waals surface area contributed by atoms with Crippen molar-refractivity contribution in [3.63, 3.8) is 0 Å². The molecule has 1 aromatic rings. The third-order valence-corrected chi connectivity index (χ3v) is 4.91. The second-order valence-corrected chi connectivity index (χ2v) is 6.26. The van der Waals surface area contributed by atoms with Gasteiger partial charge >= 0.3 is 5.97 Å². The van der Waals surface area contributed by atoms with Crippen LogP contribution in [-0.2, 0) is 16.1 Å². The Morgan fingerprint density at radius 2 is 2.09 bits per heavy atom. The molecular weight excluding hydrogens is 284 g/mol. The quantitative estimate of drug-likeness (QED) is 0.886. The summed E-state index contributed by atoms with van der Waals surface area (Å²) in [5.74, 6) is -0.518. The van der Waals surface area contributed by atoms with Crippen LogP contribution in [0, 0.1) is 5.92 Å². The Bertz CT molecular complexity index is 531. The predicted molar refractivity (Wildman–Crippen MR) is 77.9 cm³/mol. The molecule has 1 saturated heterocycles. The van der Waals surface area contributed by atoms with Crippen molar-refractivity contribution in [1.29, 1.82) is 0 Å². The Morgan fingerprint density at radius 1 is 1.27 bits per heavy atom. The molecule has 0 radical (unpaired) electrons. The molecule has 1 N–H and O–H groups in total. The molecule has 1 saturated carbocycles. The van der Waals surface area contributed by atoms with Crippen LogP contribution in [-0.4, -0.2) is 48.7 Å². The van der Waals surface area contributed by atoms with Gasteiger partial charge in [0.2, 0.25) is 5.91 Å². The summed E-state index contributed by atoms with van der Waals surface area (Å²) in [6.45, 7) is 0.630. The SMILES string of the molecule is O=C(O)[C@@H]1C[C@H]2CCCC[C@H]2N1C(=O)CCCn1cncn1. The van der Waals surface area contributed by atoms with Gasteiger partial charge in [-0.15, -0.1) is 0 Å². The summed E-state index contributed by atoms with van der Waals surface area (Å²) in [4.78, 5) is 29.6. The number of carbonyl (C=O) groups excluding carboxylic acids is 1. The Morgan fingerprint density at radius 3 is 2.82 bits per heavy atom. The number of likely N-dealkylation sites (tertiary alicyclic amines) is 1. The lowest BCUT2D eigenvalue weighted by atomic mass is 9.84. The van der Waals surface area contributed by atoms with Crippen LogP contribution in [0.25, 0.3) is 0 Å². The molecule has 3 rings (SSSR count). The normalized spacial score (nSPS) is 27.6. The lowest BCUT2D eigenvalue weighted by Gasteiger charge is -2.33. The van der Waals surface area contributed by atoms with Crippen molar-refractivity contribution in [2.75, 3.05) is 0 Å². The number of carboxylic acid groups (broad SMARTS) is 1. The zero-order valence-electron chi connectivity index (χ0n) is 12.6. The number of rotatable bonds is 5. The predicted octanol–water partition coefficient (Wildman–Crippen LogP) is 1.30. The second kappa shape index (κ2) is 6.46. The molecule has 0 aromatic carbocycles. The molecule has 120 valence electrons. The lowest BCUT2D eigenvalue weighted by molar-refractivity contribution is -0.150. The molecule has 2 fully saturated rings. The number of nitrogens with zero attached hydrogens (tertiary/aromatic N) is 4. The van der Waals surface area contributed by atoms with Gasteiger partial charge in [0.15, 0.2) is 0 Å². The van der Waals surface area contributed by atoms with E-state index in [9.17, 15) is 14.7 Å². The van der Waals surface area contributed by atoms with Crippen molar-refractivity contribution in [2.24, 2.45) is 5.92 Å². The monoisotopic (exact) mass is 306 g/mol. The lowest BCUT2D eigenvalue weighted by Crippen LogP contribution is -2.46. The van der Waals surface area contributed by atoms with Gasteiger partial charge in [-0.2, -0.15) is 5.10 Å². The number of aryl methyl sites for hydroxylation is 1. The number of hydrogen-bond acceptors (Lipinski definition) is 4. The highest BCUT2D eigenvalue weighted by molar-refractivity contribution is 5.84. The minimum absolute atomic E-state index is 0.0260. The van der Waals surface area contributed by atoms with Crippen molar-refractivity contribution in [2.45, 2.75) is 63.6 Å². The van der Waals surface area contributed by atoms with Gasteiger partial charge in [0.05, 0.1) is 0 Å².